The number of methoxy groups -OCH3 is 1. The smallest absolute Gasteiger partial charge is 0.338 e. The van der Waals surface area contributed by atoms with Crippen molar-refractivity contribution in [1.82, 2.24) is 10.6 Å². The van der Waals surface area contributed by atoms with Gasteiger partial charge in [0.05, 0.1) is 37.6 Å². The molecule has 31 heavy (non-hydrogen) atoms. The lowest BCUT2D eigenvalue weighted by atomic mass is 9.92. The standard InChI is InChI=1S/C24H28N2O5/c1-4-6-15-31-19-10-8-7-9-18(19)22-20(23(27)30-5-2)21(25-24(28)26-22)16-11-13-17(29-3)14-12-16/h7-14,22H,4-6,15H2,1-3H3,(H2,25,26,28). The van der Waals surface area contributed by atoms with Crippen LogP contribution in [-0.4, -0.2) is 32.3 Å². The lowest BCUT2D eigenvalue weighted by Crippen LogP contribution is -2.45. The number of carbonyl (C=O) groups excluding carboxylic acids is 2. The molecule has 2 aromatic carbocycles. The summed E-state index contributed by atoms with van der Waals surface area (Å²) in [5, 5.41) is 5.64. The first-order chi connectivity index (χ1) is 15.1. The van der Waals surface area contributed by atoms with Gasteiger partial charge in [0.25, 0.3) is 0 Å². The maximum absolute atomic E-state index is 13.0. The van der Waals surface area contributed by atoms with E-state index in [1.54, 1.807) is 38.3 Å². The molecule has 1 aliphatic heterocycles. The Morgan fingerprint density at radius 1 is 1.06 bits per heavy atom. The number of unbranched alkanes of at least 4 members (excludes halogenated alkanes) is 1. The van der Waals surface area contributed by atoms with Gasteiger partial charge in [-0.2, -0.15) is 0 Å². The summed E-state index contributed by atoms with van der Waals surface area (Å²) in [5.41, 5.74) is 2.09. The summed E-state index contributed by atoms with van der Waals surface area (Å²) in [6.45, 7) is 4.60. The van der Waals surface area contributed by atoms with E-state index in [-0.39, 0.29) is 6.61 Å². The van der Waals surface area contributed by atoms with Crippen molar-refractivity contribution in [3.05, 3.63) is 65.2 Å². The van der Waals surface area contributed by atoms with Crippen LogP contribution in [0, 0.1) is 0 Å². The predicted molar refractivity (Wildman–Crippen MR) is 118 cm³/mol. The van der Waals surface area contributed by atoms with Gasteiger partial charge in [0.2, 0.25) is 0 Å². The van der Waals surface area contributed by atoms with Crippen LogP contribution in [-0.2, 0) is 9.53 Å². The fourth-order valence-electron chi connectivity index (χ4n) is 3.39. The molecule has 2 N–H and O–H groups in total. The topological polar surface area (TPSA) is 85.9 Å². The van der Waals surface area contributed by atoms with Crippen LogP contribution >= 0.6 is 0 Å². The number of nitrogens with one attached hydrogen (secondary N) is 2. The second-order valence-electron chi connectivity index (χ2n) is 7.01. The van der Waals surface area contributed by atoms with Crippen molar-refractivity contribution < 1.29 is 23.8 Å². The van der Waals surface area contributed by atoms with Crippen molar-refractivity contribution in [3.63, 3.8) is 0 Å². The number of esters is 1. The molecule has 2 aromatic rings. The molecule has 3 rings (SSSR count). The van der Waals surface area contributed by atoms with Crippen molar-refractivity contribution in [2.75, 3.05) is 20.3 Å². The number of ether oxygens (including phenoxy) is 3. The summed E-state index contributed by atoms with van der Waals surface area (Å²) >= 11 is 0. The maximum Gasteiger partial charge on any atom is 0.338 e. The van der Waals surface area contributed by atoms with E-state index in [0.717, 1.165) is 12.8 Å². The van der Waals surface area contributed by atoms with Crippen LogP contribution in [0.5, 0.6) is 11.5 Å². The lowest BCUT2D eigenvalue weighted by Gasteiger charge is -2.30. The molecule has 0 fully saturated rings. The van der Waals surface area contributed by atoms with Crippen molar-refractivity contribution in [2.45, 2.75) is 32.7 Å². The van der Waals surface area contributed by atoms with Gasteiger partial charge in [0, 0.05) is 5.56 Å². The van der Waals surface area contributed by atoms with E-state index >= 15 is 0 Å². The van der Waals surface area contributed by atoms with Gasteiger partial charge < -0.3 is 24.8 Å². The molecule has 7 heteroatoms. The summed E-state index contributed by atoms with van der Waals surface area (Å²) in [6.07, 6.45) is 1.91. The SMILES string of the molecule is CCCCOc1ccccc1C1NC(=O)NC(c2ccc(OC)cc2)=C1C(=O)OCC. The number of amides is 2. The second-order valence-corrected chi connectivity index (χ2v) is 7.01. The number of carbonyl (C=O) groups is 2. The second kappa shape index (κ2) is 10.5. The molecule has 0 spiro atoms. The maximum atomic E-state index is 13.0. The molecule has 1 unspecified atom stereocenters. The Hall–Kier alpha value is -3.48. The third-order valence-electron chi connectivity index (χ3n) is 4.93. The van der Waals surface area contributed by atoms with Gasteiger partial charge >= 0.3 is 12.0 Å². The van der Waals surface area contributed by atoms with Crippen LogP contribution < -0.4 is 20.1 Å². The molecule has 0 radical (unpaired) electrons. The molecule has 7 nitrogen and oxygen atoms in total. The first-order valence-corrected chi connectivity index (χ1v) is 10.4. The van der Waals surface area contributed by atoms with Crippen LogP contribution in [0.2, 0.25) is 0 Å². The minimum Gasteiger partial charge on any atom is -0.497 e. The van der Waals surface area contributed by atoms with E-state index in [2.05, 4.69) is 17.6 Å². The fourth-order valence-corrected chi connectivity index (χ4v) is 3.39. The van der Waals surface area contributed by atoms with E-state index in [1.807, 2.05) is 24.3 Å². The van der Waals surface area contributed by atoms with Gasteiger partial charge in [-0.15, -0.1) is 0 Å². The molecular weight excluding hydrogens is 396 g/mol. The Morgan fingerprint density at radius 3 is 2.48 bits per heavy atom. The molecule has 164 valence electrons. The van der Waals surface area contributed by atoms with E-state index in [1.165, 1.54) is 0 Å². The highest BCUT2D eigenvalue weighted by Gasteiger charge is 2.35. The number of rotatable bonds is 9. The molecule has 0 saturated heterocycles. The minimum atomic E-state index is -0.720. The monoisotopic (exact) mass is 424 g/mol. The Kier molecular flexibility index (Phi) is 7.54. The van der Waals surface area contributed by atoms with Crippen molar-refractivity contribution >= 4 is 17.7 Å². The van der Waals surface area contributed by atoms with Crippen molar-refractivity contribution in [3.8, 4) is 11.5 Å². The first kappa shape index (κ1) is 22.2. The van der Waals surface area contributed by atoms with Crippen LogP contribution in [0.3, 0.4) is 0 Å². The molecule has 1 atom stereocenters. The van der Waals surface area contributed by atoms with Gasteiger partial charge in [0.1, 0.15) is 11.5 Å². The average molecular weight is 424 g/mol. The number of para-hydroxylation sites is 1. The summed E-state index contributed by atoms with van der Waals surface area (Å²) in [6, 6.07) is 13.4. The Bertz CT molecular complexity index is 953. The van der Waals surface area contributed by atoms with Crippen LogP contribution in [0.25, 0.3) is 5.70 Å². The molecule has 0 bridgehead atoms. The lowest BCUT2D eigenvalue weighted by molar-refractivity contribution is -0.138. The Labute approximate surface area is 182 Å². The number of benzene rings is 2. The summed E-state index contributed by atoms with van der Waals surface area (Å²) in [5.74, 6) is 0.793. The number of urea groups is 1. The van der Waals surface area contributed by atoms with Gasteiger partial charge in [-0.05, 0) is 49.2 Å². The van der Waals surface area contributed by atoms with Gasteiger partial charge in [-0.25, -0.2) is 9.59 Å². The van der Waals surface area contributed by atoms with Crippen LogP contribution in [0.4, 0.5) is 4.79 Å². The summed E-state index contributed by atoms with van der Waals surface area (Å²) < 4.78 is 16.5. The van der Waals surface area contributed by atoms with Gasteiger partial charge in [-0.3, -0.25) is 0 Å². The number of hydrogen-bond acceptors (Lipinski definition) is 5. The zero-order valence-electron chi connectivity index (χ0n) is 18.1. The molecule has 1 aliphatic rings. The van der Waals surface area contributed by atoms with Crippen LogP contribution in [0.1, 0.15) is 43.9 Å². The molecule has 0 aromatic heterocycles. The molecule has 0 aliphatic carbocycles. The van der Waals surface area contributed by atoms with E-state index in [0.29, 0.717) is 40.5 Å². The third kappa shape index (κ3) is 5.17. The van der Waals surface area contributed by atoms with E-state index < -0.39 is 18.0 Å². The van der Waals surface area contributed by atoms with Crippen LogP contribution in [0.15, 0.2) is 54.1 Å². The zero-order chi connectivity index (χ0) is 22.2. The van der Waals surface area contributed by atoms with E-state index in [9.17, 15) is 9.59 Å². The predicted octanol–water partition coefficient (Wildman–Crippen LogP) is 4.20. The van der Waals surface area contributed by atoms with Gasteiger partial charge in [-0.1, -0.05) is 31.5 Å². The highest BCUT2D eigenvalue weighted by molar-refractivity contribution is 6.04. The Balaban J connectivity index is 2.11. The highest BCUT2D eigenvalue weighted by atomic mass is 16.5. The average Bonchev–Trinajstić information content (AvgIpc) is 2.79. The zero-order valence-corrected chi connectivity index (χ0v) is 18.1. The minimum absolute atomic E-state index is 0.216. The fraction of sp³-hybridized carbons (Fsp3) is 0.333. The summed E-state index contributed by atoms with van der Waals surface area (Å²) in [7, 11) is 1.58. The molecule has 0 saturated carbocycles. The van der Waals surface area contributed by atoms with Crippen molar-refractivity contribution in [2.24, 2.45) is 0 Å². The first-order valence-electron chi connectivity index (χ1n) is 10.4. The number of hydrogen-bond donors (Lipinski definition) is 2. The quantitative estimate of drug-likeness (QED) is 0.465. The third-order valence-corrected chi connectivity index (χ3v) is 4.93. The largest absolute Gasteiger partial charge is 0.497 e. The van der Waals surface area contributed by atoms with E-state index in [4.69, 9.17) is 14.2 Å². The molecule has 2 amide bonds. The summed E-state index contributed by atoms with van der Waals surface area (Å²) in [4.78, 5) is 25.6. The van der Waals surface area contributed by atoms with Gasteiger partial charge in [0.15, 0.2) is 0 Å². The van der Waals surface area contributed by atoms with Crippen molar-refractivity contribution in [1.29, 1.82) is 0 Å². The highest BCUT2D eigenvalue weighted by Crippen LogP contribution is 2.36. The Morgan fingerprint density at radius 2 is 1.81 bits per heavy atom. The molecule has 1 heterocycles. The molecular formula is C24H28N2O5. The normalized spacial score (nSPS) is 15.7.